The van der Waals surface area contributed by atoms with Crippen LogP contribution in [0.4, 0.5) is 0 Å². The quantitative estimate of drug-likeness (QED) is 0.670. The number of aliphatic imine (C=N–C) groups is 1. The normalized spacial score (nSPS) is 10.8. The smallest absolute Gasteiger partial charge is 0.0878 e. The van der Waals surface area contributed by atoms with Gasteiger partial charge in [-0.05, 0) is 12.1 Å². The average molecular weight is 159 g/mol. The number of hydrogen-bond acceptors (Lipinski definition) is 3. The van der Waals surface area contributed by atoms with Crippen LogP contribution in [0.25, 0.3) is 0 Å². The molecule has 1 aromatic rings. The minimum atomic E-state index is 0.590. The predicted molar refractivity (Wildman–Crippen MR) is 49.8 cm³/mol. The maximum absolute atomic E-state index is 7.08. The van der Waals surface area contributed by atoms with Crippen LogP contribution in [0.5, 0.6) is 0 Å². The van der Waals surface area contributed by atoms with Gasteiger partial charge in [0.2, 0.25) is 0 Å². The second kappa shape index (κ2) is 4.18. The first kappa shape index (κ1) is 8.33. The molecule has 0 spiro atoms. The highest BCUT2D eigenvalue weighted by molar-refractivity contribution is 6.37. The summed E-state index contributed by atoms with van der Waals surface area (Å²) in [6.45, 7) is 3.47. The van der Waals surface area contributed by atoms with E-state index in [1.165, 1.54) is 12.4 Å². The molecule has 0 aliphatic carbocycles. The molecule has 1 rings (SSSR count). The van der Waals surface area contributed by atoms with E-state index in [9.17, 15) is 0 Å². The van der Waals surface area contributed by atoms with Crippen LogP contribution in [-0.2, 0) is 0 Å². The minimum Gasteiger partial charge on any atom is -0.306 e. The van der Waals surface area contributed by atoms with Crippen molar-refractivity contribution in [3.8, 4) is 0 Å². The maximum Gasteiger partial charge on any atom is 0.0878 e. The van der Waals surface area contributed by atoms with Crippen LogP contribution in [0.2, 0.25) is 0 Å². The van der Waals surface area contributed by atoms with E-state index in [1.54, 1.807) is 24.5 Å². The largest absolute Gasteiger partial charge is 0.306 e. The number of nitrogens with zero attached hydrogens (tertiary/aromatic N) is 2. The highest BCUT2D eigenvalue weighted by Gasteiger charge is 1.96. The molecule has 0 radical (unpaired) electrons. The summed E-state index contributed by atoms with van der Waals surface area (Å²) in [5, 5.41) is 7.08. The summed E-state index contributed by atoms with van der Waals surface area (Å²) in [5.41, 5.74) is 1.47. The number of nitrogens with one attached hydrogen (secondary N) is 1. The van der Waals surface area contributed by atoms with E-state index in [4.69, 9.17) is 5.41 Å². The lowest BCUT2D eigenvalue weighted by Crippen LogP contribution is -2.00. The molecule has 3 heteroatoms. The molecule has 0 bridgehead atoms. The molecule has 0 saturated heterocycles. The summed E-state index contributed by atoms with van der Waals surface area (Å²) in [5.74, 6) is 0. The Labute approximate surface area is 71.0 Å². The first-order valence-electron chi connectivity index (χ1n) is 3.48. The zero-order valence-electron chi connectivity index (χ0n) is 6.57. The fourth-order valence-electron chi connectivity index (χ4n) is 0.816. The molecule has 0 atom stereocenters. The fourth-order valence-corrected chi connectivity index (χ4v) is 0.816. The Morgan fingerprint density at radius 1 is 1.50 bits per heavy atom. The zero-order valence-corrected chi connectivity index (χ0v) is 6.57. The lowest BCUT2D eigenvalue weighted by Gasteiger charge is -1.96. The molecule has 0 aliphatic rings. The van der Waals surface area contributed by atoms with Crippen molar-refractivity contribution >= 4 is 11.9 Å². The zero-order chi connectivity index (χ0) is 8.81. The van der Waals surface area contributed by atoms with Crippen LogP contribution in [0, 0.1) is 5.41 Å². The van der Waals surface area contributed by atoms with Gasteiger partial charge in [-0.1, -0.05) is 6.58 Å². The first-order valence-corrected chi connectivity index (χ1v) is 3.48. The van der Waals surface area contributed by atoms with Gasteiger partial charge in [0.25, 0.3) is 0 Å². The molecule has 12 heavy (non-hydrogen) atoms. The van der Waals surface area contributed by atoms with Gasteiger partial charge >= 0.3 is 0 Å². The average Bonchev–Trinajstić information content (AvgIpc) is 2.15. The van der Waals surface area contributed by atoms with E-state index >= 15 is 0 Å². The van der Waals surface area contributed by atoms with Gasteiger partial charge in [0.15, 0.2) is 0 Å². The lowest BCUT2D eigenvalue weighted by molar-refractivity contribution is 1.32. The highest BCUT2D eigenvalue weighted by Crippen LogP contribution is 1.97. The van der Waals surface area contributed by atoms with Crippen molar-refractivity contribution in [2.75, 3.05) is 0 Å². The van der Waals surface area contributed by atoms with E-state index in [2.05, 4.69) is 16.6 Å². The molecular weight excluding hydrogens is 150 g/mol. The number of rotatable bonds is 3. The Morgan fingerprint density at radius 2 is 2.17 bits per heavy atom. The predicted octanol–water partition coefficient (Wildman–Crippen LogP) is 1.66. The van der Waals surface area contributed by atoms with Crippen molar-refractivity contribution in [2.24, 2.45) is 4.99 Å². The third-order valence-electron chi connectivity index (χ3n) is 1.34. The van der Waals surface area contributed by atoms with Gasteiger partial charge < -0.3 is 5.41 Å². The van der Waals surface area contributed by atoms with E-state index < -0.39 is 0 Å². The molecule has 0 amide bonds. The summed E-state index contributed by atoms with van der Waals surface area (Å²) in [4.78, 5) is 7.79. The molecule has 1 heterocycles. The summed E-state index contributed by atoms with van der Waals surface area (Å²) >= 11 is 0. The molecule has 0 aromatic carbocycles. The topological polar surface area (TPSA) is 49.1 Å². The van der Waals surface area contributed by atoms with Crippen molar-refractivity contribution < 1.29 is 0 Å². The minimum absolute atomic E-state index is 0.590. The van der Waals surface area contributed by atoms with Crippen LogP contribution in [0.3, 0.4) is 0 Å². The third-order valence-corrected chi connectivity index (χ3v) is 1.34. The summed E-state index contributed by atoms with van der Waals surface area (Å²) < 4.78 is 0. The van der Waals surface area contributed by atoms with Crippen molar-refractivity contribution in [3.63, 3.8) is 0 Å². The van der Waals surface area contributed by atoms with E-state index in [0.29, 0.717) is 5.71 Å². The second-order valence-corrected chi connectivity index (χ2v) is 2.08. The monoisotopic (exact) mass is 159 g/mol. The molecule has 3 nitrogen and oxygen atoms in total. The van der Waals surface area contributed by atoms with Crippen LogP contribution < -0.4 is 0 Å². The summed E-state index contributed by atoms with van der Waals surface area (Å²) in [6, 6.07) is 3.60. The summed E-state index contributed by atoms with van der Waals surface area (Å²) in [7, 11) is 0. The Morgan fingerprint density at radius 3 is 2.67 bits per heavy atom. The number of pyridine rings is 1. The molecular formula is C9H9N3. The van der Waals surface area contributed by atoms with Crippen LogP contribution in [0.15, 0.2) is 42.3 Å². The van der Waals surface area contributed by atoms with E-state index in [-0.39, 0.29) is 0 Å². The SMILES string of the molecule is C=CN=C(C=N)c1ccncc1. The molecule has 0 unspecified atom stereocenters. The van der Waals surface area contributed by atoms with Gasteiger partial charge in [-0.2, -0.15) is 0 Å². The molecule has 0 saturated carbocycles. The van der Waals surface area contributed by atoms with Gasteiger partial charge in [-0.25, -0.2) is 0 Å². The van der Waals surface area contributed by atoms with Crippen LogP contribution in [0.1, 0.15) is 5.56 Å². The summed E-state index contributed by atoms with van der Waals surface area (Å²) in [6.07, 6.45) is 5.94. The first-order chi connectivity index (χ1) is 5.88. The molecule has 0 aliphatic heterocycles. The molecule has 60 valence electrons. The van der Waals surface area contributed by atoms with Gasteiger partial charge in [0, 0.05) is 30.4 Å². The lowest BCUT2D eigenvalue weighted by atomic mass is 10.2. The standard InChI is InChI=1S/C9H9N3/c1-2-12-9(7-10)8-3-5-11-6-4-8/h2-7,10H,1H2. The van der Waals surface area contributed by atoms with Crippen molar-refractivity contribution in [1.29, 1.82) is 5.41 Å². The Hall–Kier alpha value is -1.77. The third kappa shape index (κ3) is 1.85. The number of hydrogen-bond donors (Lipinski definition) is 1. The highest BCUT2D eigenvalue weighted by atomic mass is 14.7. The van der Waals surface area contributed by atoms with Crippen LogP contribution >= 0.6 is 0 Å². The molecule has 0 fully saturated rings. The molecule has 1 aromatic heterocycles. The van der Waals surface area contributed by atoms with Crippen molar-refractivity contribution in [3.05, 3.63) is 42.9 Å². The maximum atomic E-state index is 7.08. The van der Waals surface area contributed by atoms with Gasteiger partial charge in [-0.3, -0.25) is 9.98 Å². The second-order valence-electron chi connectivity index (χ2n) is 2.08. The Balaban J connectivity index is 3.03. The van der Waals surface area contributed by atoms with Crippen molar-refractivity contribution in [2.45, 2.75) is 0 Å². The molecule has 1 N–H and O–H groups in total. The fraction of sp³-hybridized carbons (Fsp3) is 0. The van der Waals surface area contributed by atoms with Gasteiger partial charge in [-0.15, -0.1) is 0 Å². The van der Waals surface area contributed by atoms with Gasteiger partial charge in [0.05, 0.1) is 5.71 Å². The van der Waals surface area contributed by atoms with E-state index in [1.807, 2.05) is 0 Å². The van der Waals surface area contributed by atoms with Crippen LogP contribution in [-0.4, -0.2) is 16.9 Å². The Kier molecular flexibility index (Phi) is 2.90. The Bertz CT molecular complexity index is 301. The van der Waals surface area contributed by atoms with Crippen molar-refractivity contribution in [1.82, 2.24) is 4.98 Å². The number of aromatic nitrogens is 1. The van der Waals surface area contributed by atoms with E-state index in [0.717, 1.165) is 5.56 Å². The van der Waals surface area contributed by atoms with Gasteiger partial charge in [0.1, 0.15) is 0 Å².